The summed E-state index contributed by atoms with van der Waals surface area (Å²) in [5.74, 6) is 1.42. The van der Waals surface area contributed by atoms with Gasteiger partial charge >= 0.3 is 6.03 Å². The number of carbonyl (C=O) groups is 3. The molecular weight excluding hydrogens is 398 g/mol. The maximum absolute atomic E-state index is 11.8. The minimum atomic E-state index is -0.764. The first-order valence-corrected chi connectivity index (χ1v) is 9.88. The summed E-state index contributed by atoms with van der Waals surface area (Å²) in [6.07, 6.45) is 5.27. The van der Waals surface area contributed by atoms with E-state index in [1.54, 1.807) is 19.3 Å². The molecule has 0 bridgehead atoms. The van der Waals surface area contributed by atoms with Gasteiger partial charge in [-0.1, -0.05) is 24.8 Å². The number of benzene rings is 1. The minimum absolute atomic E-state index is 0.112. The van der Waals surface area contributed by atoms with Gasteiger partial charge in [-0.3, -0.25) is 14.9 Å². The number of allylic oxidation sites excluding steroid dienone is 1. The van der Waals surface area contributed by atoms with E-state index in [-0.39, 0.29) is 5.91 Å². The Morgan fingerprint density at radius 3 is 2.65 bits per heavy atom. The van der Waals surface area contributed by atoms with Gasteiger partial charge in [0.1, 0.15) is 17.3 Å². The highest BCUT2D eigenvalue weighted by molar-refractivity contribution is 6.04. The zero-order valence-electron chi connectivity index (χ0n) is 17.7. The number of hydrogen-bond donors (Lipinski definition) is 2. The van der Waals surface area contributed by atoms with Crippen molar-refractivity contribution in [1.82, 2.24) is 15.5 Å². The third-order valence-corrected chi connectivity index (χ3v) is 4.98. The van der Waals surface area contributed by atoms with Crippen LogP contribution in [0.15, 0.2) is 41.3 Å². The molecule has 0 radical (unpaired) electrons. The molecule has 162 valence electrons. The van der Waals surface area contributed by atoms with Crippen molar-refractivity contribution in [2.75, 3.05) is 13.7 Å². The lowest BCUT2D eigenvalue weighted by Crippen LogP contribution is -2.22. The van der Waals surface area contributed by atoms with Crippen molar-refractivity contribution < 1.29 is 23.5 Å². The Balaban J connectivity index is 0.000000179. The number of ether oxygens (including phenoxy) is 1. The number of fused-ring (bicyclic) bond motifs is 1. The standard InChI is InChI=1S/C12H12N2O3.C11H13NO2/c1-3-5-7-6-9(17-8(7)4-2)10-11(15)14-12(16)13-10;1-3-12-7-8-4-5-9(14-2)6-10(8)11(12)13/h3-6,10H,2H2,1H3,(H2,13,14,15,16);4-6H,3,7H2,1-2H3/b5-3-;. The number of imide groups is 1. The molecule has 2 N–H and O–H groups in total. The van der Waals surface area contributed by atoms with E-state index < -0.39 is 18.0 Å². The molecule has 1 fully saturated rings. The Bertz CT molecular complexity index is 1050. The summed E-state index contributed by atoms with van der Waals surface area (Å²) in [5.41, 5.74) is 2.70. The molecule has 1 aromatic heterocycles. The fourth-order valence-corrected chi connectivity index (χ4v) is 3.39. The number of carbonyl (C=O) groups excluding carboxylic acids is 3. The average molecular weight is 423 g/mol. The van der Waals surface area contributed by atoms with Crippen LogP contribution in [0.1, 0.15) is 52.9 Å². The fraction of sp³-hybridized carbons (Fsp3) is 0.261. The fourth-order valence-electron chi connectivity index (χ4n) is 3.39. The van der Waals surface area contributed by atoms with E-state index in [2.05, 4.69) is 17.2 Å². The van der Waals surface area contributed by atoms with E-state index in [9.17, 15) is 14.4 Å². The lowest BCUT2D eigenvalue weighted by molar-refractivity contribution is -0.120. The molecule has 2 aromatic rings. The predicted octanol–water partition coefficient (Wildman–Crippen LogP) is 3.51. The number of nitrogens with zero attached hydrogens (tertiary/aromatic N) is 1. The number of nitrogens with one attached hydrogen (secondary N) is 2. The average Bonchev–Trinajstić information content (AvgIpc) is 3.43. The zero-order chi connectivity index (χ0) is 22.5. The van der Waals surface area contributed by atoms with Gasteiger partial charge in [-0.05, 0) is 43.7 Å². The van der Waals surface area contributed by atoms with Gasteiger partial charge in [-0.2, -0.15) is 0 Å². The molecule has 8 nitrogen and oxygen atoms in total. The molecule has 2 aliphatic heterocycles. The van der Waals surface area contributed by atoms with Gasteiger partial charge in [0.25, 0.3) is 11.8 Å². The number of amides is 4. The second-order valence-electron chi connectivity index (χ2n) is 6.91. The molecule has 0 spiro atoms. The predicted molar refractivity (Wildman–Crippen MR) is 116 cm³/mol. The quantitative estimate of drug-likeness (QED) is 0.717. The van der Waals surface area contributed by atoms with Gasteiger partial charge in [0.2, 0.25) is 0 Å². The van der Waals surface area contributed by atoms with Gasteiger partial charge in [0.05, 0.1) is 7.11 Å². The van der Waals surface area contributed by atoms with Crippen molar-refractivity contribution >= 4 is 30.0 Å². The van der Waals surface area contributed by atoms with Gasteiger partial charge < -0.3 is 19.4 Å². The lowest BCUT2D eigenvalue weighted by atomic mass is 10.1. The van der Waals surface area contributed by atoms with E-state index in [4.69, 9.17) is 9.15 Å². The summed E-state index contributed by atoms with van der Waals surface area (Å²) in [4.78, 5) is 36.0. The minimum Gasteiger partial charge on any atom is -0.497 e. The lowest BCUT2D eigenvalue weighted by Gasteiger charge is -2.10. The molecule has 4 rings (SSSR count). The van der Waals surface area contributed by atoms with Crippen LogP contribution >= 0.6 is 0 Å². The molecule has 1 saturated heterocycles. The van der Waals surface area contributed by atoms with Crippen LogP contribution in [0.5, 0.6) is 5.75 Å². The van der Waals surface area contributed by atoms with Crippen LogP contribution in [0.2, 0.25) is 0 Å². The Morgan fingerprint density at radius 1 is 1.29 bits per heavy atom. The molecule has 1 unspecified atom stereocenters. The summed E-state index contributed by atoms with van der Waals surface area (Å²) in [6.45, 7) is 8.99. The van der Waals surface area contributed by atoms with Crippen molar-refractivity contribution in [2.24, 2.45) is 0 Å². The van der Waals surface area contributed by atoms with E-state index in [0.29, 0.717) is 11.5 Å². The van der Waals surface area contributed by atoms with Crippen LogP contribution in [0.3, 0.4) is 0 Å². The van der Waals surface area contributed by atoms with Crippen molar-refractivity contribution in [3.63, 3.8) is 0 Å². The second kappa shape index (κ2) is 9.34. The van der Waals surface area contributed by atoms with Crippen molar-refractivity contribution in [1.29, 1.82) is 0 Å². The third kappa shape index (κ3) is 4.53. The van der Waals surface area contributed by atoms with Gasteiger partial charge in [0.15, 0.2) is 6.04 Å². The van der Waals surface area contributed by atoms with Crippen LogP contribution in [0.4, 0.5) is 4.79 Å². The Morgan fingerprint density at radius 2 is 2.06 bits per heavy atom. The molecule has 1 aromatic carbocycles. The summed E-state index contributed by atoms with van der Waals surface area (Å²) in [6, 6.07) is 6.11. The summed E-state index contributed by atoms with van der Waals surface area (Å²) in [7, 11) is 1.61. The molecule has 1 atom stereocenters. The Hall–Kier alpha value is -3.81. The SMILES string of the molecule is C=Cc1oc(C2NC(=O)NC2=O)cc1/C=C\C.CCN1Cc2ccc(OC)cc2C1=O. The molecule has 2 aliphatic rings. The molecule has 0 saturated carbocycles. The molecule has 31 heavy (non-hydrogen) atoms. The first-order valence-electron chi connectivity index (χ1n) is 9.88. The largest absolute Gasteiger partial charge is 0.497 e. The third-order valence-electron chi connectivity index (χ3n) is 4.98. The van der Waals surface area contributed by atoms with Crippen molar-refractivity contribution in [2.45, 2.75) is 26.4 Å². The molecular formula is C23H25N3O5. The first-order chi connectivity index (χ1) is 14.9. The summed E-state index contributed by atoms with van der Waals surface area (Å²) < 4.78 is 10.6. The Labute approximate surface area is 180 Å². The van der Waals surface area contributed by atoms with E-state index >= 15 is 0 Å². The van der Waals surface area contributed by atoms with Gasteiger partial charge in [-0.15, -0.1) is 0 Å². The van der Waals surface area contributed by atoms with E-state index in [0.717, 1.165) is 35.5 Å². The van der Waals surface area contributed by atoms with Crippen molar-refractivity contribution in [3.05, 3.63) is 65.1 Å². The molecule has 0 aliphatic carbocycles. The number of hydrogen-bond acceptors (Lipinski definition) is 5. The van der Waals surface area contributed by atoms with Crippen LogP contribution in [0.25, 0.3) is 12.2 Å². The van der Waals surface area contributed by atoms with Crippen molar-refractivity contribution in [3.8, 4) is 5.75 Å². The normalized spacial score (nSPS) is 17.2. The van der Waals surface area contributed by atoms with Crippen LogP contribution < -0.4 is 15.4 Å². The number of rotatable bonds is 5. The van der Waals surface area contributed by atoms with Gasteiger partial charge in [0, 0.05) is 24.2 Å². The zero-order valence-corrected chi connectivity index (χ0v) is 17.7. The summed E-state index contributed by atoms with van der Waals surface area (Å²) >= 11 is 0. The highest BCUT2D eigenvalue weighted by atomic mass is 16.5. The Kier molecular flexibility index (Phi) is 6.59. The highest BCUT2D eigenvalue weighted by Gasteiger charge is 2.33. The maximum Gasteiger partial charge on any atom is 0.322 e. The topological polar surface area (TPSA) is 101 Å². The van der Waals surface area contributed by atoms with Gasteiger partial charge in [-0.25, -0.2) is 4.79 Å². The number of urea groups is 1. The first kappa shape index (κ1) is 21.9. The molecule has 3 heterocycles. The number of methoxy groups -OCH3 is 1. The van der Waals surface area contributed by atoms with E-state index in [1.165, 1.54) is 0 Å². The van der Waals surface area contributed by atoms with Crippen LogP contribution in [-0.2, 0) is 11.3 Å². The smallest absolute Gasteiger partial charge is 0.322 e. The monoisotopic (exact) mass is 423 g/mol. The molecule has 4 amide bonds. The van der Waals surface area contributed by atoms with Crippen LogP contribution in [0, 0.1) is 0 Å². The van der Waals surface area contributed by atoms with E-state index in [1.807, 2.05) is 49.1 Å². The second-order valence-corrected chi connectivity index (χ2v) is 6.91. The maximum atomic E-state index is 11.8. The molecule has 8 heteroatoms. The van der Waals surface area contributed by atoms with Crippen LogP contribution in [-0.4, -0.2) is 36.4 Å². The highest BCUT2D eigenvalue weighted by Crippen LogP contribution is 2.26. The number of furan rings is 1. The summed E-state index contributed by atoms with van der Waals surface area (Å²) in [5, 5.41) is 4.63.